The number of esters is 1. The maximum absolute atomic E-state index is 12.3. The van der Waals surface area contributed by atoms with E-state index in [1.165, 1.54) is 19.3 Å². The van der Waals surface area contributed by atoms with Crippen LogP contribution in [0, 0.1) is 17.8 Å². The van der Waals surface area contributed by atoms with Crippen molar-refractivity contribution in [1.82, 2.24) is 0 Å². The molecule has 0 aromatic rings. The van der Waals surface area contributed by atoms with Crippen molar-refractivity contribution in [1.29, 1.82) is 0 Å². The number of nitrogens with zero attached hydrogens (tertiary/aromatic N) is 1. The SMILES string of the molecule is CCCC[N+](C)(C)CC(=O)OC1CC(C)CCC1C(C)C.[Cl-]. The van der Waals surface area contributed by atoms with Crippen molar-refractivity contribution in [2.24, 2.45) is 17.8 Å². The van der Waals surface area contributed by atoms with Gasteiger partial charge in [0.15, 0.2) is 6.54 Å². The Morgan fingerprint density at radius 2 is 1.91 bits per heavy atom. The number of hydrogen-bond acceptors (Lipinski definition) is 2. The summed E-state index contributed by atoms with van der Waals surface area (Å²) in [6.45, 7) is 10.5. The molecule has 22 heavy (non-hydrogen) atoms. The van der Waals surface area contributed by atoms with Crippen molar-refractivity contribution in [3.8, 4) is 0 Å². The third-order valence-electron chi connectivity index (χ3n) is 4.92. The third-order valence-corrected chi connectivity index (χ3v) is 4.92. The normalized spacial score (nSPS) is 25.7. The topological polar surface area (TPSA) is 26.3 Å². The summed E-state index contributed by atoms with van der Waals surface area (Å²) in [5.74, 6) is 1.80. The Hall–Kier alpha value is -0.280. The van der Waals surface area contributed by atoms with Crippen molar-refractivity contribution in [2.75, 3.05) is 27.2 Å². The monoisotopic (exact) mass is 333 g/mol. The number of carbonyl (C=O) groups is 1. The van der Waals surface area contributed by atoms with Gasteiger partial charge >= 0.3 is 5.97 Å². The molecule has 0 heterocycles. The van der Waals surface area contributed by atoms with Gasteiger partial charge in [0.1, 0.15) is 6.10 Å². The lowest BCUT2D eigenvalue weighted by Gasteiger charge is -2.37. The van der Waals surface area contributed by atoms with E-state index in [9.17, 15) is 4.79 Å². The molecule has 0 saturated heterocycles. The maximum atomic E-state index is 12.3. The standard InChI is InChI=1S/C18H36NO2.ClH/c1-7-8-11-19(5,6)13-18(20)21-17-12-15(4)9-10-16(17)14(2)3;/h14-17H,7-13H2,1-6H3;1H/q+1;/p-1. The third kappa shape index (κ3) is 7.32. The van der Waals surface area contributed by atoms with E-state index in [0.717, 1.165) is 23.9 Å². The van der Waals surface area contributed by atoms with Gasteiger partial charge in [-0.15, -0.1) is 0 Å². The Kier molecular flexibility index (Phi) is 9.64. The fourth-order valence-electron chi connectivity index (χ4n) is 3.47. The minimum Gasteiger partial charge on any atom is -1.00 e. The highest BCUT2D eigenvalue weighted by Gasteiger charge is 2.34. The molecule has 1 aliphatic carbocycles. The lowest BCUT2D eigenvalue weighted by atomic mass is 9.75. The van der Waals surface area contributed by atoms with Crippen molar-refractivity contribution in [2.45, 2.75) is 65.9 Å². The molecule has 132 valence electrons. The van der Waals surface area contributed by atoms with Crippen LogP contribution in [-0.2, 0) is 9.53 Å². The molecular weight excluding hydrogens is 298 g/mol. The average Bonchev–Trinajstić information content (AvgIpc) is 2.35. The van der Waals surface area contributed by atoms with E-state index in [-0.39, 0.29) is 24.5 Å². The van der Waals surface area contributed by atoms with Gasteiger partial charge in [0, 0.05) is 0 Å². The average molecular weight is 334 g/mol. The van der Waals surface area contributed by atoms with Crippen LogP contribution in [0.4, 0.5) is 0 Å². The summed E-state index contributed by atoms with van der Waals surface area (Å²) in [7, 11) is 4.25. The molecule has 0 spiro atoms. The molecule has 1 saturated carbocycles. The quantitative estimate of drug-likeness (QED) is 0.510. The van der Waals surface area contributed by atoms with Crippen LogP contribution < -0.4 is 12.4 Å². The first-order valence-electron chi connectivity index (χ1n) is 8.76. The summed E-state index contributed by atoms with van der Waals surface area (Å²) in [5, 5.41) is 0. The van der Waals surface area contributed by atoms with E-state index in [1.807, 2.05) is 0 Å². The zero-order valence-electron chi connectivity index (χ0n) is 15.4. The first-order chi connectivity index (χ1) is 9.75. The number of hydrogen-bond donors (Lipinski definition) is 0. The number of ether oxygens (including phenoxy) is 1. The Bertz CT molecular complexity index is 331. The van der Waals surface area contributed by atoms with Crippen molar-refractivity contribution in [3.63, 3.8) is 0 Å². The summed E-state index contributed by atoms with van der Waals surface area (Å²) in [6.07, 6.45) is 5.98. The van der Waals surface area contributed by atoms with Crippen LogP contribution in [0.25, 0.3) is 0 Å². The molecule has 3 unspecified atom stereocenters. The minimum atomic E-state index is -0.0131. The van der Waals surface area contributed by atoms with Crippen LogP contribution >= 0.6 is 0 Å². The minimum absolute atomic E-state index is 0. The molecule has 0 aliphatic heterocycles. The summed E-state index contributed by atoms with van der Waals surface area (Å²) in [6, 6.07) is 0. The molecule has 3 atom stereocenters. The van der Waals surface area contributed by atoms with Crippen molar-refractivity contribution < 1.29 is 26.4 Å². The largest absolute Gasteiger partial charge is 1.00 e. The predicted octanol–water partition coefficient (Wildman–Crippen LogP) is 0.871. The summed E-state index contributed by atoms with van der Waals surface area (Å²) >= 11 is 0. The zero-order chi connectivity index (χ0) is 16.0. The van der Waals surface area contributed by atoms with Gasteiger partial charge in [0.2, 0.25) is 0 Å². The highest BCUT2D eigenvalue weighted by atomic mass is 35.5. The van der Waals surface area contributed by atoms with E-state index in [2.05, 4.69) is 41.8 Å². The second-order valence-electron chi connectivity index (χ2n) is 8.03. The Balaban J connectivity index is 0.00000441. The first-order valence-corrected chi connectivity index (χ1v) is 8.76. The number of rotatable bonds is 7. The highest BCUT2D eigenvalue weighted by molar-refractivity contribution is 5.70. The molecule has 0 aromatic carbocycles. The fraction of sp³-hybridized carbons (Fsp3) is 0.944. The smallest absolute Gasteiger partial charge is 0.362 e. The van der Waals surface area contributed by atoms with Gasteiger partial charge in [-0.05, 0) is 37.0 Å². The van der Waals surface area contributed by atoms with Crippen LogP contribution in [0.3, 0.4) is 0 Å². The number of quaternary nitrogens is 1. The van der Waals surface area contributed by atoms with E-state index >= 15 is 0 Å². The second-order valence-corrected chi connectivity index (χ2v) is 8.03. The maximum Gasteiger partial charge on any atom is 0.362 e. The van der Waals surface area contributed by atoms with Gasteiger partial charge in [0.05, 0.1) is 20.6 Å². The summed E-state index contributed by atoms with van der Waals surface area (Å²) in [5.41, 5.74) is 0. The second kappa shape index (κ2) is 9.77. The Morgan fingerprint density at radius 1 is 1.27 bits per heavy atom. The lowest BCUT2D eigenvalue weighted by Crippen LogP contribution is -3.00. The molecule has 1 rings (SSSR count). The van der Waals surface area contributed by atoms with Gasteiger partial charge in [-0.2, -0.15) is 0 Å². The fourth-order valence-corrected chi connectivity index (χ4v) is 3.47. The van der Waals surface area contributed by atoms with E-state index < -0.39 is 0 Å². The molecule has 0 radical (unpaired) electrons. The van der Waals surface area contributed by atoms with Crippen molar-refractivity contribution in [3.05, 3.63) is 0 Å². The van der Waals surface area contributed by atoms with E-state index in [4.69, 9.17) is 4.74 Å². The van der Waals surface area contributed by atoms with Gasteiger partial charge in [-0.1, -0.05) is 40.5 Å². The molecule has 0 bridgehead atoms. The van der Waals surface area contributed by atoms with Crippen LogP contribution in [0.15, 0.2) is 0 Å². The molecule has 1 aliphatic rings. The van der Waals surface area contributed by atoms with Crippen LogP contribution in [-0.4, -0.2) is 43.7 Å². The number of likely N-dealkylation sites (N-methyl/N-ethyl adjacent to an activating group) is 1. The predicted molar refractivity (Wildman–Crippen MR) is 88.0 cm³/mol. The van der Waals surface area contributed by atoms with Crippen LogP contribution in [0.5, 0.6) is 0 Å². The Labute approximate surface area is 143 Å². The molecule has 0 N–H and O–H groups in total. The highest BCUT2D eigenvalue weighted by Crippen LogP contribution is 2.35. The molecular formula is C18H36ClNO2. The van der Waals surface area contributed by atoms with Crippen LogP contribution in [0.1, 0.15) is 59.8 Å². The number of unbranched alkanes of at least 4 members (excludes halogenated alkanes) is 1. The van der Waals surface area contributed by atoms with E-state index in [1.54, 1.807) is 0 Å². The molecule has 0 aromatic heterocycles. The van der Waals surface area contributed by atoms with Gasteiger partial charge in [-0.3, -0.25) is 0 Å². The summed E-state index contributed by atoms with van der Waals surface area (Å²) in [4.78, 5) is 12.3. The molecule has 4 heteroatoms. The Morgan fingerprint density at radius 3 is 2.45 bits per heavy atom. The number of halogens is 1. The van der Waals surface area contributed by atoms with Gasteiger partial charge in [0.25, 0.3) is 0 Å². The molecule has 3 nitrogen and oxygen atoms in total. The zero-order valence-corrected chi connectivity index (χ0v) is 16.2. The van der Waals surface area contributed by atoms with Gasteiger partial charge < -0.3 is 21.6 Å². The van der Waals surface area contributed by atoms with Crippen molar-refractivity contribution >= 4 is 5.97 Å². The van der Waals surface area contributed by atoms with Gasteiger partial charge in [-0.25, -0.2) is 4.79 Å². The molecule has 0 amide bonds. The number of carbonyl (C=O) groups excluding carboxylic acids is 1. The lowest BCUT2D eigenvalue weighted by molar-refractivity contribution is -0.883. The summed E-state index contributed by atoms with van der Waals surface area (Å²) < 4.78 is 6.63. The first kappa shape index (κ1) is 21.7. The van der Waals surface area contributed by atoms with E-state index in [0.29, 0.717) is 24.3 Å². The molecule has 1 fully saturated rings. The van der Waals surface area contributed by atoms with Crippen LogP contribution in [0.2, 0.25) is 0 Å².